The topological polar surface area (TPSA) is 76.2 Å². The Balaban J connectivity index is 1.54. The molecule has 7 nitrogen and oxygen atoms in total. The van der Waals surface area contributed by atoms with E-state index in [1.54, 1.807) is 23.1 Å². The zero-order chi connectivity index (χ0) is 20.1. The van der Waals surface area contributed by atoms with Gasteiger partial charge in [-0.1, -0.05) is 23.7 Å². The smallest absolute Gasteiger partial charge is 0.260 e. The molecule has 1 amide bonds. The number of hydrogen-bond donors (Lipinski definition) is 0. The van der Waals surface area contributed by atoms with Crippen LogP contribution in [0.2, 0.25) is 4.34 Å². The molecule has 152 valence electrons. The minimum atomic E-state index is -3.58. The van der Waals surface area contributed by atoms with E-state index in [9.17, 15) is 13.2 Å². The van der Waals surface area contributed by atoms with Crippen molar-refractivity contribution in [3.8, 4) is 11.5 Å². The maximum atomic E-state index is 12.6. The number of carbonyl (C=O) groups is 1. The Labute approximate surface area is 173 Å². The number of piperazine rings is 1. The summed E-state index contributed by atoms with van der Waals surface area (Å²) >= 11 is 6.88. The minimum Gasteiger partial charge on any atom is -0.490 e. The Morgan fingerprint density at radius 1 is 1.07 bits per heavy atom. The predicted octanol–water partition coefficient (Wildman–Crippen LogP) is 2.71. The van der Waals surface area contributed by atoms with Gasteiger partial charge < -0.3 is 14.4 Å². The van der Waals surface area contributed by atoms with Crippen molar-refractivity contribution in [1.82, 2.24) is 9.21 Å². The van der Waals surface area contributed by atoms with E-state index >= 15 is 0 Å². The van der Waals surface area contributed by atoms with E-state index in [0.29, 0.717) is 35.5 Å². The number of ether oxygens (including phenoxy) is 2. The third kappa shape index (κ3) is 4.78. The highest BCUT2D eigenvalue weighted by Crippen LogP contribution is 2.29. The number of sulfonamides is 1. The van der Waals surface area contributed by atoms with Crippen molar-refractivity contribution < 1.29 is 22.7 Å². The first kappa shape index (κ1) is 20.9. The number of halogens is 1. The summed E-state index contributed by atoms with van der Waals surface area (Å²) in [4.78, 5) is 14.1. The first-order chi connectivity index (χ1) is 13.4. The highest BCUT2D eigenvalue weighted by molar-refractivity contribution is 7.91. The van der Waals surface area contributed by atoms with Gasteiger partial charge in [-0.3, -0.25) is 4.79 Å². The van der Waals surface area contributed by atoms with E-state index in [0.717, 1.165) is 11.3 Å². The molecule has 0 unspecified atom stereocenters. The summed E-state index contributed by atoms with van der Waals surface area (Å²) in [5.74, 6) is 0.902. The molecule has 0 spiro atoms. The molecule has 0 radical (unpaired) electrons. The van der Waals surface area contributed by atoms with Crippen LogP contribution in [0.25, 0.3) is 0 Å². The second-order valence-electron chi connectivity index (χ2n) is 6.01. The van der Waals surface area contributed by atoms with Crippen LogP contribution in [0.1, 0.15) is 6.92 Å². The summed E-state index contributed by atoms with van der Waals surface area (Å²) in [7, 11) is -3.58. The Morgan fingerprint density at radius 2 is 1.71 bits per heavy atom. The number of carbonyl (C=O) groups excluding carboxylic acids is 1. The van der Waals surface area contributed by atoms with E-state index in [1.807, 2.05) is 19.1 Å². The molecule has 3 rings (SSSR count). The molecule has 1 fully saturated rings. The van der Waals surface area contributed by atoms with Crippen molar-refractivity contribution in [2.24, 2.45) is 0 Å². The average Bonchev–Trinajstić information content (AvgIpc) is 3.14. The van der Waals surface area contributed by atoms with Crippen LogP contribution >= 0.6 is 22.9 Å². The molecular formula is C18H21ClN2O5S2. The fourth-order valence-electron chi connectivity index (χ4n) is 2.82. The van der Waals surface area contributed by atoms with E-state index in [2.05, 4.69) is 0 Å². The maximum Gasteiger partial charge on any atom is 0.260 e. The first-order valence-electron chi connectivity index (χ1n) is 8.79. The molecule has 10 heteroatoms. The number of para-hydroxylation sites is 2. The molecule has 0 atom stereocenters. The largest absolute Gasteiger partial charge is 0.490 e. The average molecular weight is 445 g/mol. The number of rotatable bonds is 7. The summed E-state index contributed by atoms with van der Waals surface area (Å²) in [6.07, 6.45) is 0. The van der Waals surface area contributed by atoms with Crippen LogP contribution in [0.15, 0.2) is 40.6 Å². The fourth-order valence-corrected chi connectivity index (χ4v) is 5.88. The lowest BCUT2D eigenvalue weighted by Gasteiger charge is -2.33. The molecule has 0 saturated carbocycles. The Morgan fingerprint density at radius 3 is 2.29 bits per heavy atom. The summed E-state index contributed by atoms with van der Waals surface area (Å²) < 4.78 is 38.4. The van der Waals surface area contributed by atoms with Gasteiger partial charge in [-0.15, -0.1) is 11.3 Å². The van der Waals surface area contributed by atoms with E-state index in [1.165, 1.54) is 10.4 Å². The number of benzene rings is 1. The molecule has 1 aromatic heterocycles. The summed E-state index contributed by atoms with van der Waals surface area (Å²) in [6, 6.07) is 10.2. The van der Waals surface area contributed by atoms with Crippen molar-refractivity contribution in [3.63, 3.8) is 0 Å². The summed E-state index contributed by atoms with van der Waals surface area (Å²) in [6.45, 7) is 3.34. The van der Waals surface area contributed by atoms with Crippen molar-refractivity contribution >= 4 is 38.9 Å². The fraction of sp³-hybridized carbons (Fsp3) is 0.389. The Kier molecular flexibility index (Phi) is 6.82. The van der Waals surface area contributed by atoms with Crippen LogP contribution in [0.5, 0.6) is 11.5 Å². The molecule has 28 heavy (non-hydrogen) atoms. The van der Waals surface area contributed by atoms with Crippen molar-refractivity contribution in [3.05, 3.63) is 40.7 Å². The van der Waals surface area contributed by atoms with Gasteiger partial charge in [-0.25, -0.2) is 8.42 Å². The molecule has 0 N–H and O–H groups in total. The molecule has 1 saturated heterocycles. The van der Waals surface area contributed by atoms with E-state index in [4.69, 9.17) is 21.1 Å². The molecule has 2 heterocycles. The van der Waals surface area contributed by atoms with Gasteiger partial charge in [0.25, 0.3) is 15.9 Å². The molecule has 2 aromatic rings. The molecule has 1 aliphatic rings. The number of thiophene rings is 1. The SMILES string of the molecule is CCOc1ccccc1OCC(=O)N1CCN(S(=O)(=O)c2ccc(Cl)s2)CC1. The van der Waals surface area contributed by atoms with Gasteiger partial charge in [-0.05, 0) is 31.2 Å². The number of amides is 1. The second kappa shape index (κ2) is 9.13. The number of nitrogens with zero attached hydrogens (tertiary/aromatic N) is 2. The highest BCUT2D eigenvalue weighted by atomic mass is 35.5. The zero-order valence-corrected chi connectivity index (χ0v) is 17.7. The van der Waals surface area contributed by atoms with Crippen LogP contribution in [-0.2, 0) is 14.8 Å². The van der Waals surface area contributed by atoms with Crippen LogP contribution in [0.3, 0.4) is 0 Å². The normalized spacial score (nSPS) is 15.4. The minimum absolute atomic E-state index is 0.128. The Hall–Kier alpha value is -1.81. The molecular weight excluding hydrogens is 424 g/mol. The summed E-state index contributed by atoms with van der Waals surface area (Å²) in [5, 5.41) is 0. The van der Waals surface area contributed by atoms with Crippen molar-refractivity contribution in [2.75, 3.05) is 39.4 Å². The van der Waals surface area contributed by atoms with Crippen LogP contribution < -0.4 is 9.47 Å². The van der Waals surface area contributed by atoms with Gasteiger partial charge in [0.05, 0.1) is 10.9 Å². The zero-order valence-electron chi connectivity index (χ0n) is 15.3. The molecule has 1 aliphatic heterocycles. The molecule has 1 aromatic carbocycles. The molecule has 0 aliphatic carbocycles. The van der Waals surface area contributed by atoms with Crippen molar-refractivity contribution in [2.45, 2.75) is 11.1 Å². The lowest BCUT2D eigenvalue weighted by Crippen LogP contribution is -2.51. The highest BCUT2D eigenvalue weighted by Gasteiger charge is 2.31. The van der Waals surface area contributed by atoms with Gasteiger partial charge >= 0.3 is 0 Å². The second-order valence-corrected chi connectivity index (χ2v) is 9.89. The van der Waals surface area contributed by atoms with Crippen LogP contribution in [0, 0.1) is 0 Å². The van der Waals surface area contributed by atoms with Gasteiger partial charge in [0, 0.05) is 26.2 Å². The van der Waals surface area contributed by atoms with Crippen LogP contribution in [-0.4, -0.2) is 62.9 Å². The van der Waals surface area contributed by atoms with E-state index in [-0.39, 0.29) is 29.8 Å². The van der Waals surface area contributed by atoms with E-state index < -0.39 is 10.0 Å². The standard InChI is InChI=1S/C18H21ClN2O5S2/c1-2-25-14-5-3-4-6-15(14)26-13-17(22)20-9-11-21(12-10-20)28(23,24)18-8-7-16(19)27-18/h3-8H,2,9-13H2,1H3. The quantitative estimate of drug-likeness (QED) is 0.656. The summed E-state index contributed by atoms with van der Waals surface area (Å²) in [5.41, 5.74) is 0. The third-order valence-corrected chi connectivity index (χ3v) is 7.83. The van der Waals surface area contributed by atoms with Gasteiger partial charge in [-0.2, -0.15) is 4.31 Å². The van der Waals surface area contributed by atoms with Gasteiger partial charge in [0.1, 0.15) is 4.21 Å². The number of hydrogen-bond acceptors (Lipinski definition) is 6. The maximum absolute atomic E-state index is 12.6. The first-order valence-corrected chi connectivity index (χ1v) is 11.4. The molecule has 0 bridgehead atoms. The van der Waals surface area contributed by atoms with Crippen molar-refractivity contribution in [1.29, 1.82) is 0 Å². The third-order valence-electron chi connectivity index (χ3n) is 4.23. The van der Waals surface area contributed by atoms with Gasteiger partial charge in [0.15, 0.2) is 18.1 Å². The monoisotopic (exact) mass is 444 g/mol. The lowest BCUT2D eigenvalue weighted by molar-refractivity contribution is -0.134. The lowest BCUT2D eigenvalue weighted by atomic mass is 10.3. The predicted molar refractivity (Wildman–Crippen MR) is 108 cm³/mol. The van der Waals surface area contributed by atoms with Gasteiger partial charge in [0.2, 0.25) is 0 Å². The Bertz CT molecular complexity index is 924. The van der Waals surface area contributed by atoms with Crippen LogP contribution in [0.4, 0.5) is 0 Å².